The van der Waals surface area contributed by atoms with E-state index in [1.807, 2.05) is 49.9 Å². The van der Waals surface area contributed by atoms with Crippen LogP contribution in [0, 0.1) is 19.8 Å². The van der Waals surface area contributed by atoms with Crippen LogP contribution < -0.4 is 21.3 Å². The highest BCUT2D eigenvalue weighted by Crippen LogP contribution is 2.33. The smallest absolute Gasteiger partial charge is 0.315 e. The van der Waals surface area contributed by atoms with Crippen molar-refractivity contribution in [2.75, 3.05) is 25.6 Å². The van der Waals surface area contributed by atoms with Crippen LogP contribution in [-0.4, -0.2) is 75.0 Å². The Morgan fingerprint density at radius 3 is 2.08 bits per heavy atom. The number of ketones is 1. The first-order chi connectivity index (χ1) is 23.9. The van der Waals surface area contributed by atoms with Crippen molar-refractivity contribution in [1.29, 1.82) is 0 Å². The van der Waals surface area contributed by atoms with Crippen molar-refractivity contribution in [1.82, 2.24) is 21.3 Å². The van der Waals surface area contributed by atoms with Gasteiger partial charge < -0.3 is 21.3 Å². The van der Waals surface area contributed by atoms with Gasteiger partial charge in [0.15, 0.2) is 15.6 Å². The largest absolute Gasteiger partial charge is 0.359 e. The van der Waals surface area contributed by atoms with Gasteiger partial charge in [-0.15, -0.1) is 0 Å². The Balaban J connectivity index is 0.000000276. The van der Waals surface area contributed by atoms with Crippen LogP contribution >= 0.6 is 11.8 Å². The lowest BCUT2D eigenvalue weighted by Gasteiger charge is -2.17. The van der Waals surface area contributed by atoms with Gasteiger partial charge in [0.05, 0.1) is 22.7 Å². The molecule has 10 nitrogen and oxygen atoms in total. The van der Waals surface area contributed by atoms with E-state index in [1.54, 1.807) is 62.6 Å². The predicted octanol–water partition coefficient (Wildman–Crippen LogP) is 5.03. The summed E-state index contributed by atoms with van der Waals surface area (Å²) in [5.41, 5.74) is 4.01. The lowest BCUT2D eigenvalue weighted by Crippen LogP contribution is -2.36. The SMILES string of the molecule is CNC(=O)CCCCC1SCC2NC(=O)NC21.CNC(=O)c1ccc(C(=O)C(CCc2ccc(C)cc2)CS(=O)(=O)c2ccc(C)cc2)cc1. The van der Waals surface area contributed by atoms with Crippen molar-refractivity contribution >= 4 is 45.2 Å². The molecule has 268 valence electrons. The summed E-state index contributed by atoms with van der Waals surface area (Å²) in [6.45, 7) is 3.90. The van der Waals surface area contributed by atoms with E-state index in [2.05, 4.69) is 21.3 Å². The molecule has 4 unspecified atom stereocenters. The summed E-state index contributed by atoms with van der Waals surface area (Å²) >= 11 is 1.92. The second-order valence-electron chi connectivity index (χ2n) is 12.9. The highest BCUT2D eigenvalue weighted by Gasteiger charge is 2.42. The third kappa shape index (κ3) is 10.9. The van der Waals surface area contributed by atoms with Gasteiger partial charge in [0.25, 0.3) is 5.91 Å². The van der Waals surface area contributed by atoms with Crippen molar-refractivity contribution in [3.8, 4) is 0 Å². The van der Waals surface area contributed by atoms with Crippen molar-refractivity contribution in [3.05, 3.63) is 101 Å². The average Bonchev–Trinajstić information content (AvgIpc) is 3.67. The number of sulfone groups is 1. The number of thioether (sulfide) groups is 1. The molecule has 3 aromatic carbocycles. The van der Waals surface area contributed by atoms with Crippen molar-refractivity contribution in [3.63, 3.8) is 0 Å². The average molecular weight is 721 g/mol. The number of Topliss-reactive ketones (excluding diaryl/α,β-unsaturated/α-hetero) is 1. The van der Waals surface area contributed by atoms with E-state index in [0.717, 1.165) is 41.7 Å². The molecule has 0 bridgehead atoms. The van der Waals surface area contributed by atoms with Crippen LogP contribution in [0.1, 0.15) is 69.5 Å². The first kappa shape index (κ1) is 38.6. The third-order valence-corrected chi connectivity index (χ3v) is 12.4. The van der Waals surface area contributed by atoms with Gasteiger partial charge in [-0.25, -0.2) is 13.2 Å². The number of carbonyl (C=O) groups excluding carboxylic acids is 4. The minimum Gasteiger partial charge on any atom is -0.359 e. The minimum atomic E-state index is -3.65. The lowest BCUT2D eigenvalue weighted by molar-refractivity contribution is -0.120. The Hall–Kier alpha value is -4.16. The quantitative estimate of drug-likeness (QED) is 0.104. The number of benzene rings is 3. The number of aryl methyl sites for hydroxylation is 3. The van der Waals surface area contributed by atoms with E-state index >= 15 is 0 Å². The summed E-state index contributed by atoms with van der Waals surface area (Å²) in [4.78, 5) is 47.6. The fourth-order valence-electron chi connectivity index (χ4n) is 6.06. The summed E-state index contributed by atoms with van der Waals surface area (Å²) in [5, 5.41) is 11.6. The van der Waals surface area contributed by atoms with Crippen molar-refractivity contribution < 1.29 is 27.6 Å². The van der Waals surface area contributed by atoms with E-state index in [0.29, 0.717) is 41.7 Å². The maximum atomic E-state index is 13.4. The number of urea groups is 1. The Kier molecular flexibility index (Phi) is 14.1. The molecule has 0 radical (unpaired) electrons. The van der Waals surface area contributed by atoms with Gasteiger partial charge in [0.1, 0.15) is 0 Å². The molecule has 0 aromatic heterocycles. The third-order valence-electron chi connectivity index (χ3n) is 9.09. The first-order valence-electron chi connectivity index (χ1n) is 17.0. The lowest BCUT2D eigenvalue weighted by atomic mass is 9.92. The molecule has 3 aromatic rings. The maximum Gasteiger partial charge on any atom is 0.315 e. The second kappa shape index (κ2) is 18.2. The molecule has 2 aliphatic heterocycles. The molecule has 2 saturated heterocycles. The minimum absolute atomic E-state index is 0.0318. The second-order valence-corrected chi connectivity index (χ2v) is 16.2. The van der Waals surface area contributed by atoms with E-state index in [1.165, 1.54) is 0 Å². The van der Waals surface area contributed by atoms with Gasteiger partial charge in [0, 0.05) is 48.6 Å². The molecule has 4 N–H and O–H groups in total. The molecule has 2 aliphatic rings. The van der Waals surface area contributed by atoms with Crippen LogP contribution in [0.5, 0.6) is 0 Å². The standard InChI is InChI=1S/C27H29NO4S.C11H19N3O2S/c1-19-4-8-21(9-5-19)10-11-24(18-33(31,32)25-16-6-20(2)7-17-25)26(29)22-12-14-23(15-13-22)27(30)28-3;1-12-9(15)5-3-2-4-8-10-7(6-17-8)13-11(16)14-10/h4-9,12-17,24H,10-11,18H2,1-3H3,(H,28,30);7-8,10H,2-6H2,1H3,(H,12,15)(H2,13,14,16). The summed E-state index contributed by atoms with van der Waals surface area (Å²) in [5.74, 6) is -0.337. The Bertz CT molecular complexity index is 1730. The Morgan fingerprint density at radius 1 is 0.840 bits per heavy atom. The fraction of sp³-hybridized carbons (Fsp3) is 0.421. The van der Waals surface area contributed by atoms with Gasteiger partial charge in [-0.05, 0) is 69.4 Å². The van der Waals surface area contributed by atoms with Crippen LogP contribution in [0.3, 0.4) is 0 Å². The molecule has 4 atom stereocenters. The molecule has 0 saturated carbocycles. The van der Waals surface area contributed by atoms with Crippen LogP contribution in [0.15, 0.2) is 77.7 Å². The summed E-state index contributed by atoms with van der Waals surface area (Å²) in [7, 11) is -0.445. The zero-order valence-electron chi connectivity index (χ0n) is 29.2. The van der Waals surface area contributed by atoms with Gasteiger partial charge in [-0.3, -0.25) is 14.4 Å². The zero-order chi connectivity index (χ0) is 36.3. The number of nitrogens with one attached hydrogen (secondary N) is 4. The molecular formula is C38H48N4O6S2. The van der Waals surface area contributed by atoms with E-state index in [4.69, 9.17) is 0 Å². The van der Waals surface area contributed by atoms with Gasteiger partial charge in [-0.2, -0.15) is 11.8 Å². The molecule has 0 spiro atoms. The summed E-state index contributed by atoms with van der Waals surface area (Å²) < 4.78 is 26.2. The molecule has 50 heavy (non-hydrogen) atoms. The number of rotatable bonds is 14. The molecule has 2 heterocycles. The fourth-order valence-corrected chi connectivity index (χ4v) is 9.19. The monoisotopic (exact) mass is 720 g/mol. The van der Waals surface area contributed by atoms with E-state index in [-0.39, 0.29) is 40.3 Å². The molecule has 4 amide bonds. The Morgan fingerprint density at radius 2 is 1.46 bits per heavy atom. The zero-order valence-corrected chi connectivity index (χ0v) is 30.8. The number of unbranched alkanes of at least 4 members (excludes halogenated alkanes) is 1. The number of carbonyl (C=O) groups is 4. The molecule has 2 fully saturated rings. The topological polar surface area (TPSA) is 151 Å². The van der Waals surface area contributed by atoms with Crippen LogP contribution in [0.25, 0.3) is 0 Å². The highest BCUT2D eigenvalue weighted by atomic mass is 32.2. The van der Waals surface area contributed by atoms with E-state index < -0.39 is 15.8 Å². The van der Waals surface area contributed by atoms with Crippen LogP contribution in [-0.2, 0) is 21.1 Å². The van der Waals surface area contributed by atoms with Crippen LogP contribution in [0.2, 0.25) is 0 Å². The van der Waals surface area contributed by atoms with E-state index in [9.17, 15) is 27.6 Å². The Labute approximate surface area is 299 Å². The van der Waals surface area contributed by atoms with Gasteiger partial charge >= 0.3 is 6.03 Å². The normalized spacial score (nSPS) is 18.5. The molecule has 12 heteroatoms. The first-order valence-corrected chi connectivity index (χ1v) is 19.7. The predicted molar refractivity (Wildman–Crippen MR) is 198 cm³/mol. The molecular weight excluding hydrogens is 673 g/mol. The summed E-state index contributed by atoms with van der Waals surface area (Å²) in [6, 6.07) is 21.6. The molecule has 0 aliphatic carbocycles. The van der Waals surface area contributed by atoms with Gasteiger partial charge in [0.2, 0.25) is 5.91 Å². The number of amides is 4. The van der Waals surface area contributed by atoms with Crippen LogP contribution in [0.4, 0.5) is 4.79 Å². The van der Waals surface area contributed by atoms with Crippen molar-refractivity contribution in [2.45, 2.75) is 74.6 Å². The number of hydrogen-bond donors (Lipinski definition) is 4. The maximum absolute atomic E-state index is 13.4. The molecule has 5 rings (SSSR count). The van der Waals surface area contributed by atoms with Gasteiger partial charge in [-0.1, -0.05) is 66.1 Å². The summed E-state index contributed by atoms with van der Waals surface area (Å²) in [6.07, 6.45) is 4.65. The number of fused-ring (bicyclic) bond motifs is 1. The highest BCUT2D eigenvalue weighted by molar-refractivity contribution is 8.00. The van der Waals surface area contributed by atoms with Crippen molar-refractivity contribution in [2.24, 2.45) is 5.92 Å². The number of hydrogen-bond acceptors (Lipinski definition) is 7.